The first-order chi connectivity index (χ1) is 14.1. The Morgan fingerprint density at radius 2 is 1.31 bits per heavy atom. The maximum absolute atomic E-state index is 14.1. The van der Waals surface area contributed by atoms with E-state index in [1.165, 1.54) is 49.7 Å². The van der Waals surface area contributed by atoms with E-state index in [1.807, 2.05) is 0 Å². The van der Waals surface area contributed by atoms with E-state index in [0.717, 1.165) is 0 Å². The zero-order valence-corrected chi connectivity index (χ0v) is 16.7. The Morgan fingerprint density at radius 1 is 0.793 bits per heavy atom. The lowest BCUT2D eigenvalue weighted by Gasteiger charge is -2.35. The molecule has 29 heavy (non-hydrogen) atoms. The zero-order valence-electron chi connectivity index (χ0n) is 15.9. The van der Waals surface area contributed by atoms with Crippen LogP contribution in [0.2, 0.25) is 0 Å². The van der Waals surface area contributed by atoms with E-state index < -0.39 is 15.8 Å². The molecule has 0 amide bonds. The molecular formula is C23H22FN2O2S+. The lowest BCUT2D eigenvalue weighted by molar-refractivity contribution is -0.928. The third-order valence-electron chi connectivity index (χ3n) is 6.06. The molecule has 0 spiro atoms. The second-order valence-corrected chi connectivity index (χ2v) is 9.51. The standard InChI is InChI=1S/C23H21FN2O2S/c24-21-11-5-6-12-22(21)29(27,28)26-15-13-25(14-16-26)23-19-9-3-1-7-17(19)18-8-2-4-10-20(18)23/h1-12,23H,13-16H2/p+1. The number of benzene rings is 3. The molecule has 3 aromatic rings. The van der Waals surface area contributed by atoms with Gasteiger partial charge in [-0.05, 0) is 23.3 Å². The summed E-state index contributed by atoms with van der Waals surface area (Å²) in [7, 11) is -3.82. The fourth-order valence-electron chi connectivity index (χ4n) is 4.69. The first kappa shape index (κ1) is 18.5. The van der Waals surface area contributed by atoms with Gasteiger partial charge in [0.2, 0.25) is 10.0 Å². The number of halogens is 1. The first-order valence-corrected chi connectivity index (χ1v) is 11.3. The Hall–Kier alpha value is -2.54. The van der Waals surface area contributed by atoms with Gasteiger partial charge in [-0.25, -0.2) is 12.8 Å². The van der Waals surface area contributed by atoms with E-state index in [-0.39, 0.29) is 10.9 Å². The Labute approximate surface area is 170 Å². The van der Waals surface area contributed by atoms with Gasteiger partial charge in [0, 0.05) is 11.1 Å². The summed E-state index contributed by atoms with van der Waals surface area (Å²) in [5.41, 5.74) is 5.13. The van der Waals surface area contributed by atoms with Crippen molar-refractivity contribution < 1.29 is 17.7 Å². The number of fused-ring (bicyclic) bond motifs is 3. The molecule has 1 fully saturated rings. The van der Waals surface area contributed by atoms with Gasteiger partial charge in [0.15, 0.2) is 0 Å². The fraction of sp³-hybridized carbons (Fsp3) is 0.217. The van der Waals surface area contributed by atoms with E-state index in [2.05, 4.69) is 48.5 Å². The topological polar surface area (TPSA) is 41.8 Å². The van der Waals surface area contributed by atoms with Crippen molar-refractivity contribution in [2.45, 2.75) is 10.9 Å². The largest absolute Gasteiger partial charge is 0.323 e. The quantitative estimate of drug-likeness (QED) is 0.722. The predicted octanol–water partition coefficient (Wildman–Crippen LogP) is 2.48. The third-order valence-corrected chi connectivity index (χ3v) is 7.99. The van der Waals surface area contributed by atoms with Crippen molar-refractivity contribution in [1.29, 1.82) is 0 Å². The molecule has 1 aliphatic carbocycles. The fourth-order valence-corrected chi connectivity index (χ4v) is 6.20. The maximum atomic E-state index is 14.1. The van der Waals surface area contributed by atoms with Gasteiger partial charge >= 0.3 is 0 Å². The Morgan fingerprint density at radius 3 is 1.90 bits per heavy atom. The number of hydrogen-bond acceptors (Lipinski definition) is 2. The number of quaternary nitrogens is 1. The zero-order chi connectivity index (χ0) is 20.0. The summed E-state index contributed by atoms with van der Waals surface area (Å²) in [6.07, 6.45) is 0. The van der Waals surface area contributed by atoms with Gasteiger partial charge in [0.05, 0.1) is 26.2 Å². The predicted molar refractivity (Wildman–Crippen MR) is 110 cm³/mol. The number of sulfonamides is 1. The van der Waals surface area contributed by atoms with Crippen LogP contribution < -0.4 is 4.90 Å². The van der Waals surface area contributed by atoms with Crippen LogP contribution in [0.4, 0.5) is 4.39 Å². The molecule has 6 heteroatoms. The molecule has 2 aliphatic rings. The van der Waals surface area contributed by atoms with Crippen molar-refractivity contribution in [3.63, 3.8) is 0 Å². The van der Waals surface area contributed by atoms with Gasteiger partial charge in [0.25, 0.3) is 0 Å². The monoisotopic (exact) mass is 409 g/mol. The highest BCUT2D eigenvalue weighted by Gasteiger charge is 2.39. The van der Waals surface area contributed by atoms with Crippen molar-refractivity contribution in [2.24, 2.45) is 0 Å². The highest BCUT2D eigenvalue weighted by atomic mass is 32.2. The van der Waals surface area contributed by atoms with Crippen LogP contribution in [0.1, 0.15) is 17.2 Å². The van der Waals surface area contributed by atoms with Crippen molar-refractivity contribution >= 4 is 10.0 Å². The van der Waals surface area contributed by atoms with Gasteiger partial charge in [-0.2, -0.15) is 4.31 Å². The summed E-state index contributed by atoms with van der Waals surface area (Å²) in [4.78, 5) is 1.11. The van der Waals surface area contributed by atoms with Crippen molar-refractivity contribution in [3.05, 3.63) is 89.7 Å². The average Bonchev–Trinajstić information content (AvgIpc) is 3.08. The van der Waals surface area contributed by atoms with Crippen molar-refractivity contribution in [3.8, 4) is 11.1 Å². The molecule has 0 aromatic heterocycles. The molecule has 0 radical (unpaired) electrons. The number of rotatable bonds is 3. The summed E-state index contributed by atoms with van der Waals surface area (Å²) in [6.45, 7) is 2.13. The molecule has 0 saturated carbocycles. The van der Waals surface area contributed by atoms with Crippen molar-refractivity contribution in [1.82, 2.24) is 4.31 Å². The average molecular weight is 410 g/mol. The van der Waals surface area contributed by atoms with Crippen LogP contribution >= 0.6 is 0 Å². The molecule has 1 aliphatic heterocycles. The minimum Gasteiger partial charge on any atom is -0.323 e. The minimum atomic E-state index is -3.82. The smallest absolute Gasteiger partial charge is 0.246 e. The van der Waals surface area contributed by atoms with Crippen LogP contribution in [0.3, 0.4) is 0 Å². The Kier molecular flexibility index (Phi) is 4.50. The Bertz CT molecular complexity index is 1130. The number of nitrogens with zero attached hydrogens (tertiary/aromatic N) is 1. The van der Waals surface area contributed by atoms with Crippen LogP contribution in [-0.2, 0) is 10.0 Å². The van der Waals surface area contributed by atoms with Gasteiger partial charge in [-0.1, -0.05) is 60.7 Å². The van der Waals surface area contributed by atoms with Gasteiger partial charge in [-0.3, -0.25) is 0 Å². The molecule has 0 bridgehead atoms. The molecule has 1 heterocycles. The second-order valence-electron chi connectivity index (χ2n) is 7.60. The molecule has 0 unspecified atom stereocenters. The summed E-state index contributed by atoms with van der Waals surface area (Å²) < 4.78 is 41.3. The number of nitrogens with one attached hydrogen (secondary N) is 1. The molecule has 1 N–H and O–H groups in total. The van der Waals surface area contributed by atoms with E-state index >= 15 is 0 Å². The molecule has 4 nitrogen and oxygen atoms in total. The summed E-state index contributed by atoms with van der Waals surface area (Å²) in [5, 5.41) is 0. The van der Waals surface area contributed by atoms with E-state index in [0.29, 0.717) is 26.2 Å². The molecule has 3 aromatic carbocycles. The molecule has 1 saturated heterocycles. The van der Waals surface area contributed by atoms with E-state index in [4.69, 9.17) is 0 Å². The lowest BCUT2D eigenvalue weighted by atomic mass is 10.0. The molecule has 0 atom stereocenters. The van der Waals surface area contributed by atoms with Gasteiger partial charge in [0.1, 0.15) is 16.8 Å². The minimum absolute atomic E-state index is 0.209. The van der Waals surface area contributed by atoms with Crippen molar-refractivity contribution in [2.75, 3.05) is 26.2 Å². The van der Waals surface area contributed by atoms with Gasteiger partial charge in [-0.15, -0.1) is 0 Å². The van der Waals surface area contributed by atoms with Crippen LogP contribution in [0.5, 0.6) is 0 Å². The molecule has 5 rings (SSSR count). The highest BCUT2D eigenvalue weighted by molar-refractivity contribution is 7.89. The Balaban J connectivity index is 1.41. The van der Waals surface area contributed by atoms with E-state index in [9.17, 15) is 12.8 Å². The SMILES string of the molecule is O=S(=O)(c1ccccc1F)N1CC[NH+](C2c3ccccc3-c3ccccc32)CC1. The summed E-state index contributed by atoms with van der Waals surface area (Å²) >= 11 is 0. The normalized spacial score (nSPS) is 17.8. The lowest BCUT2D eigenvalue weighted by Crippen LogP contribution is -3.15. The molecule has 148 valence electrons. The number of hydrogen-bond donors (Lipinski definition) is 1. The maximum Gasteiger partial charge on any atom is 0.246 e. The van der Waals surface area contributed by atoms with Crippen LogP contribution in [0.25, 0.3) is 11.1 Å². The van der Waals surface area contributed by atoms with Crippen LogP contribution in [-0.4, -0.2) is 38.9 Å². The highest BCUT2D eigenvalue weighted by Crippen LogP contribution is 2.41. The van der Waals surface area contributed by atoms with Crippen LogP contribution in [0.15, 0.2) is 77.7 Å². The first-order valence-electron chi connectivity index (χ1n) is 9.85. The number of piperazine rings is 1. The molecular weight excluding hydrogens is 387 g/mol. The summed E-state index contributed by atoms with van der Waals surface area (Å²) in [5.74, 6) is -0.694. The second kappa shape index (κ2) is 7.06. The van der Waals surface area contributed by atoms with E-state index in [1.54, 1.807) is 6.07 Å². The third kappa shape index (κ3) is 2.99. The summed E-state index contributed by atoms with van der Waals surface area (Å²) in [6, 6.07) is 22.7. The van der Waals surface area contributed by atoms with Gasteiger partial charge < -0.3 is 4.90 Å². The van der Waals surface area contributed by atoms with Crippen LogP contribution in [0, 0.1) is 5.82 Å².